The maximum absolute atomic E-state index is 4.43. The Hall–Kier alpha value is -0.380. The molecule has 4 heteroatoms. The number of alkyl halides is 1. The van der Waals surface area contributed by atoms with Gasteiger partial charge < -0.3 is 4.57 Å². The van der Waals surface area contributed by atoms with E-state index in [4.69, 9.17) is 0 Å². The van der Waals surface area contributed by atoms with Gasteiger partial charge in [-0.1, -0.05) is 22.9 Å². The summed E-state index contributed by atoms with van der Waals surface area (Å²) in [4.78, 5) is 0. The van der Waals surface area contributed by atoms with E-state index in [0.29, 0.717) is 5.92 Å². The normalized spacial score (nSPS) is 31.8. The zero-order valence-corrected chi connectivity index (χ0v) is 11.3. The van der Waals surface area contributed by atoms with Crippen molar-refractivity contribution in [1.29, 1.82) is 0 Å². The molecule has 0 radical (unpaired) electrons. The molecule has 1 heterocycles. The molecule has 2 unspecified atom stereocenters. The Morgan fingerprint density at radius 1 is 1.25 bits per heavy atom. The van der Waals surface area contributed by atoms with Gasteiger partial charge in [-0.25, -0.2) is 0 Å². The third-order valence-electron chi connectivity index (χ3n) is 4.03. The van der Waals surface area contributed by atoms with Crippen LogP contribution in [0.1, 0.15) is 50.2 Å². The van der Waals surface area contributed by atoms with Crippen molar-refractivity contribution in [2.45, 2.75) is 50.4 Å². The molecule has 0 aliphatic heterocycles. The van der Waals surface area contributed by atoms with Crippen molar-refractivity contribution in [2.24, 2.45) is 11.8 Å². The average molecular weight is 284 g/mol. The van der Waals surface area contributed by atoms with Crippen molar-refractivity contribution >= 4 is 15.9 Å². The second kappa shape index (κ2) is 4.13. The fraction of sp³-hybridized carbons (Fsp3) is 0.833. The van der Waals surface area contributed by atoms with Gasteiger partial charge >= 0.3 is 0 Å². The lowest BCUT2D eigenvalue weighted by molar-refractivity contribution is 0.531. The second-order valence-corrected chi connectivity index (χ2v) is 5.74. The number of nitrogens with zero attached hydrogens (tertiary/aromatic N) is 3. The van der Waals surface area contributed by atoms with E-state index in [-0.39, 0.29) is 0 Å². The molecule has 2 aliphatic rings. The second-order valence-electron chi connectivity index (χ2n) is 5.18. The first-order chi connectivity index (χ1) is 7.83. The van der Waals surface area contributed by atoms with E-state index in [2.05, 4.69) is 37.6 Å². The van der Waals surface area contributed by atoms with Crippen LogP contribution in [0.15, 0.2) is 0 Å². The zero-order valence-electron chi connectivity index (χ0n) is 9.69. The van der Waals surface area contributed by atoms with E-state index in [0.717, 1.165) is 36.0 Å². The van der Waals surface area contributed by atoms with Gasteiger partial charge in [0.2, 0.25) is 0 Å². The molecule has 2 saturated carbocycles. The third-order valence-corrected chi connectivity index (χ3v) is 4.53. The van der Waals surface area contributed by atoms with Gasteiger partial charge in [-0.05, 0) is 37.5 Å². The highest BCUT2D eigenvalue weighted by Crippen LogP contribution is 2.57. The quantitative estimate of drug-likeness (QED) is 0.795. The molecule has 2 aliphatic carbocycles. The molecule has 16 heavy (non-hydrogen) atoms. The van der Waals surface area contributed by atoms with E-state index in [1.807, 2.05) is 0 Å². The molecule has 0 amide bonds. The minimum Gasteiger partial charge on any atom is -0.314 e. The van der Waals surface area contributed by atoms with E-state index in [9.17, 15) is 0 Å². The third kappa shape index (κ3) is 1.71. The van der Waals surface area contributed by atoms with Gasteiger partial charge in [0.15, 0.2) is 0 Å². The predicted octanol–water partition coefficient (Wildman–Crippen LogP) is 3.10. The molecule has 0 bridgehead atoms. The van der Waals surface area contributed by atoms with Crippen molar-refractivity contribution in [3.63, 3.8) is 0 Å². The monoisotopic (exact) mass is 283 g/mol. The highest BCUT2D eigenvalue weighted by Gasteiger charge is 2.47. The summed E-state index contributed by atoms with van der Waals surface area (Å²) in [5, 5.41) is 9.55. The summed E-state index contributed by atoms with van der Waals surface area (Å²) in [6.07, 6.45) is 5.35. The lowest BCUT2D eigenvalue weighted by Gasteiger charge is -2.13. The van der Waals surface area contributed by atoms with Crippen LogP contribution in [0.25, 0.3) is 0 Å². The van der Waals surface area contributed by atoms with Gasteiger partial charge in [0.1, 0.15) is 11.6 Å². The largest absolute Gasteiger partial charge is 0.314 e. The predicted molar refractivity (Wildman–Crippen MR) is 66.5 cm³/mol. The van der Waals surface area contributed by atoms with E-state index in [1.54, 1.807) is 0 Å². The first kappa shape index (κ1) is 10.8. The Morgan fingerprint density at radius 2 is 2.00 bits per heavy atom. The number of hydrogen-bond acceptors (Lipinski definition) is 2. The number of halogens is 1. The maximum Gasteiger partial charge on any atom is 0.143 e. The van der Waals surface area contributed by atoms with Gasteiger partial charge in [-0.3, -0.25) is 0 Å². The molecular formula is C12H18BrN3. The molecule has 2 atom stereocenters. The van der Waals surface area contributed by atoms with Crippen molar-refractivity contribution < 1.29 is 0 Å². The first-order valence-electron chi connectivity index (χ1n) is 6.31. The summed E-state index contributed by atoms with van der Waals surface area (Å²) in [5.74, 6) is 5.07. The van der Waals surface area contributed by atoms with E-state index < -0.39 is 0 Å². The minimum atomic E-state index is 0.690. The van der Waals surface area contributed by atoms with Crippen LogP contribution in [0.4, 0.5) is 0 Å². The van der Waals surface area contributed by atoms with Gasteiger partial charge in [0.05, 0.1) is 5.33 Å². The van der Waals surface area contributed by atoms with Crippen LogP contribution in [0, 0.1) is 11.8 Å². The highest BCUT2D eigenvalue weighted by molar-refractivity contribution is 9.08. The highest BCUT2D eigenvalue weighted by atomic mass is 79.9. The van der Waals surface area contributed by atoms with Crippen LogP contribution in [0.3, 0.4) is 0 Å². The van der Waals surface area contributed by atoms with Crippen molar-refractivity contribution in [3.05, 3.63) is 11.6 Å². The minimum absolute atomic E-state index is 0.690. The Kier molecular flexibility index (Phi) is 2.78. The van der Waals surface area contributed by atoms with E-state index in [1.165, 1.54) is 25.1 Å². The molecule has 0 N–H and O–H groups in total. The molecule has 88 valence electrons. The van der Waals surface area contributed by atoms with Gasteiger partial charge in [-0.15, -0.1) is 10.2 Å². The Morgan fingerprint density at radius 3 is 2.62 bits per heavy atom. The average Bonchev–Trinajstić information content (AvgIpc) is 2.76. The van der Waals surface area contributed by atoms with Gasteiger partial charge in [0, 0.05) is 12.5 Å². The summed E-state index contributed by atoms with van der Waals surface area (Å²) in [6.45, 7) is 3.28. The molecule has 0 saturated heterocycles. The summed E-state index contributed by atoms with van der Waals surface area (Å²) in [5.41, 5.74) is 0. The van der Waals surface area contributed by atoms with Crippen molar-refractivity contribution in [1.82, 2.24) is 14.8 Å². The maximum atomic E-state index is 4.43. The molecule has 2 fully saturated rings. The number of rotatable bonds is 4. The number of fused-ring (bicyclic) bond motifs is 1. The van der Waals surface area contributed by atoms with Gasteiger partial charge in [0.25, 0.3) is 0 Å². The number of aromatic nitrogens is 3. The van der Waals surface area contributed by atoms with Crippen LogP contribution in [-0.2, 0) is 11.9 Å². The van der Waals surface area contributed by atoms with E-state index >= 15 is 0 Å². The topological polar surface area (TPSA) is 30.7 Å². The van der Waals surface area contributed by atoms with Crippen LogP contribution in [0.2, 0.25) is 0 Å². The van der Waals surface area contributed by atoms with Gasteiger partial charge in [-0.2, -0.15) is 0 Å². The fourth-order valence-electron chi connectivity index (χ4n) is 3.14. The molecule has 0 aromatic carbocycles. The molecule has 3 nitrogen and oxygen atoms in total. The molecular weight excluding hydrogens is 266 g/mol. The van der Waals surface area contributed by atoms with Crippen LogP contribution < -0.4 is 0 Å². The molecule has 3 rings (SSSR count). The zero-order chi connectivity index (χ0) is 11.1. The standard InChI is InChI=1S/C12H18BrN3/c1-2-3-16-11(7-13)14-15-12(16)10-5-8-4-9(8)6-10/h8-10H,2-7H2,1H3. The van der Waals surface area contributed by atoms with Crippen LogP contribution in [-0.4, -0.2) is 14.8 Å². The Bertz CT molecular complexity index is 378. The number of hydrogen-bond donors (Lipinski definition) is 0. The van der Waals surface area contributed by atoms with Crippen molar-refractivity contribution in [2.75, 3.05) is 0 Å². The summed E-state index contributed by atoms with van der Waals surface area (Å²) in [7, 11) is 0. The van der Waals surface area contributed by atoms with Crippen LogP contribution >= 0.6 is 15.9 Å². The summed E-state index contributed by atoms with van der Waals surface area (Å²) >= 11 is 3.50. The first-order valence-corrected chi connectivity index (χ1v) is 7.43. The lowest BCUT2D eigenvalue weighted by atomic mass is 10.0. The SMILES string of the molecule is CCCn1c(CBr)nnc1C1CC2CC2C1. The fourth-order valence-corrected chi connectivity index (χ4v) is 3.56. The lowest BCUT2D eigenvalue weighted by Crippen LogP contribution is -2.10. The Balaban J connectivity index is 1.84. The Labute approximate surface area is 105 Å². The summed E-state index contributed by atoms with van der Waals surface area (Å²) in [6, 6.07) is 0. The van der Waals surface area contributed by atoms with Crippen LogP contribution in [0.5, 0.6) is 0 Å². The molecule has 0 spiro atoms. The molecule has 1 aromatic rings. The smallest absolute Gasteiger partial charge is 0.143 e. The van der Waals surface area contributed by atoms with Crippen molar-refractivity contribution in [3.8, 4) is 0 Å². The molecule has 1 aromatic heterocycles. The summed E-state index contributed by atoms with van der Waals surface area (Å²) < 4.78 is 2.34.